The van der Waals surface area contributed by atoms with Crippen molar-refractivity contribution in [2.45, 2.75) is 6.42 Å². The minimum Gasteiger partial charge on any atom is -0.505 e. The second-order valence-electron chi connectivity index (χ2n) is 2.79. The monoisotopic (exact) mass is 165 g/mol. The topological polar surface area (TPSA) is 32.6 Å². The van der Waals surface area contributed by atoms with Gasteiger partial charge in [0.2, 0.25) is 0 Å². The summed E-state index contributed by atoms with van der Waals surface area (Å²) in [7, 11) is 0. The molecule has 3 heteroatoms. The first-order valence-electron chi connectivity index (χ1n) is 3.78. The Balaban J connectivity index is 2.58. The summed E-state index contributed by atoms with van der Waals surface area (Å²) < 4.78 is 12.8. The molecule has 0 saturated heterocycles. The SMILES string of the molecule is Oc1cc2c(cc1F)CCN=C2. The van der Waals surface area contributed by atoms with Crippen molar-refractivity contribution in [2.24, 2.45) is 4.99 Å². The van der Waals surface area contributed by atoms with Crippen molar-refractivity contribution in [2.75, 3.05) is 6.54 Å². The molecule has 0 amide bonds. The third-order valence-electron chi connectivity index (χ3n) is 1.95. The molecular weight excluding hydrogens is 157 g/mol. The van der Waals surface area contributed by atoms with Gasteiger partial charge in [0.15, 0.2) is 11.6 Å². The summed E-state index contributed by atoms with van der Waals surface area (Å²) in [5.74, 6) is -0.855. The first-order valence-corrected chi connectivity index (χ1v) is 3.78. The number of halogens is 1. The number of rotatable bonds is 0. The highest BCUT2D eigenvalue weighted by atomic mass is 19.1. The summed E-state index contributed by atoms with van der Waals surface area (Å²) in [5, 5.41) is 9.04. The smallest absolute Gasteiger partial charge is 0.165 e. The van der Waals surface area contributed by atoms with E-state index >= 15 is 0 Å². The van der Waals surface area contributed by atoms with E-state index in [0.29, 0.717) is 6.54 Å². The summed E-state index contributed by atoms with van der Waals surface area (Å²) >= 11 is 0. The molecule has 0 unspecified atom stereocenters. The van der Waals surface area contributed by atoms with Crippen LogP contribution in [0.25, 0.3) is 0 Å². The van der Waals surface area contributed by atoms with Gasteiger partial charge in [-0.3, -0.25) is 4.99 Å². The molecule has 1 aromatic rings. The van der Waals surface area contributed by atoms with E-state index in [1.807, 2.05) is 0 Å². The lowest BCUT2D eigenvalue weighted by atomic mass is 10.0. The van der Waals surface area contributed by atoms with E-state index in [2.05, 4.69) is 4.99 Å². The summed E-state index contributed by atoms with van der Waals surface area (Å²) in [6.07, 6.45) is 2.42. The van der Waals surface area contributed by atoms with Gasteiger partial charge in [-0.1, -0.05) is 0 Å². The third kappa shape index (κ3) is 1.07. The van der Waals surface area contributed by atoms with Crippen LogP contribution in [0, 0.1) is 5.82 Å². The normalized spacial score (nSPS) is 14.4. The molecule has 0 spiro atoms. The lowest BCUT2D eigenvalue weighted by Crippen LogP contribution is -2.03. The van der Waals surface area contributed by atoms with Gasteiger partial charge >= 0.3 is 0 Å². The number of phenolic OH excluding ortho intramolecular Hbond substituents is 1. The average Bonchev–Trinajstić information content (AvgIpc) is 2.07. The van der Waals surface area contributed by atoms with Gasteiger partial charge in [0.1, 0.15) is 0 Å². The van der Waals surface area contributed by atoms with Gasteiger partial charge in [-0.05, 0) is 29.7 Å². The lowest BCUT2D eigenvalue weighted by Gasteiger charge is -2.09. The molecule has 2 rings (SSSR count). The zero-order chi connectivity index (χ0) is 8.55. The van der Waals surface area contributed by atoms with Crippen LogP contribution >= 0.6 is 0 Å². The van der Waals surface area contributed by atoms with E-state index in [0.717, 1.165) is 17.5 Å². The summed E-state index contributed by atoms with van der Waals surface area (Å²) in [5.41, 5.74) is 1.74. The van der Waals surface area contributed by atoms with Crippen molar-refractivity contribution in [1.29, 1.82) is 0 Å². The molecule has 1 heterocycles. The minimum absolute atomic E-state index is 0.304. The van der Waals surface area contributed by atoms with E-state index < -0.39 is 5.82 Å². The second-order valence-corrected chi connectivity index (χ2v) is 2.79. The maximum absolute atomic E-state index is 12.8. The number of hydrogen-bond donors (Lipinski definition) is 1. The first-order chi connectivity index (χ1) is 5.77. The molecule has 0 fully saturated rings. The minimum atomic E-state index is -0.552. The van der Waals surface area contributed by atoms with Crippen molar-refractivity contribution in [1.82, 2.24) is 0 Å². The van der Waals surface area contributed by atoms with Crippen LogP contribution in [0.5, 0.6) is 5.75 Å². The fourth-order valence-corrected chi connectivity index (χ4v) is 1.30. The van der Waals surface area contributed by atoms with Crippen molar-refractivity contribution in [3.63, 3.8) is 0 Å². The maximum atomic E-state index is 12.8. The summed E-state index contributed by atoms with van der Waals surface area (Å²) in [6.45, 7) is 0.706. The zero-order valence-electron chi connectivity index (χ0n) is 6.42. The highest BCUT2D eigenvalue weighted by Crippen LogP contribution is 2.21. The van der Waals surface area contributed by atoms with Gasteiger partial charge < -0.3 is 5.11 Å². The van der Waals surface area contributed by atoms with Crippen molar-refractivity contribution in [3.05, 3.63) is 29.1 Å². The highest BCUT2D eigenvalue weighted by Gasteiger charge is 2.09. The second kappa shape index (κ2) is 2.59. The molecule has 1 aliphatic heterocycles. The Hall–Kier alpha value is -1.38. The van der Waals surface area contributed by atoms with E-state index in [1.54, 1.807) is 6.21 Å². The van der Waals surface area contributed by atoms with Crippen molar-refractivity contribution in [3.8, 4) is 5.75 Å². The Kier molecular flexibility index (Phi) is 1.57. The fraction of sp³-hybridized carbons (Fsp3) is 0.222. The molecule has 1 aromatic carbocycles. The predicted molar refractivity (Wildman–Crippen MR) is 44.2 cm³/mol. The Morgan fingerprint density at radius 1 is 1.42 bits per heavy atom. The van der Waals surface area contributed by atoms with Gasteiger partial charge in [0, 0.05) is 12.8 Å². The number of benzene rings is 1. The number of aromatic hydroxyl groups is 1. The molecule has 0 bridgehead atoms. The Labute approximate surface area is 69.4 Å². The molecule has 0 saturated carbocycles. The number of phenols is 1. The van der Waals surface area contributed by atoms with Crippen LogP contribution in [0.15, 0.2) is 17.1 Å². The summed E-state index contributed by atoms with van der Waals surface area (Å²) in [6, 6.07) is 2.78. The highest BCUT2D eigenvalue weighted by molar-refractivity contribution is 5.83. The molecule has 2 nitrogen and oxygen atoms in total. The average molecular weight is 165 g/mol. The molecule has 1 aliphatic rings. The van der Waals surface area contributed by atoms with Gasteiger partial charge in [-0.25, -0.2) is 4.39 Å². The van der Waals surface area contributed by atoms with Crippen LogP contribution in [0.2, 0.25) is 0 Å². The van der Waals surface area contributed by atoms with Crippen LogP contribution in [0.3, 0.4) is 0 Å². The molecule has 0 atom stereocenters. The zero-order valence-corrected chi connectivity index (χ0v) is 6.42. The van der Waals surface area contributed by atoms with Crippen LogP contribution in [-0.2, 0) is 6.42 Å². The van der Waals surface area contributed by atoms with Gasteiger partial charge in [0.05, 0.1) is 0 Å². The number of fused-ring (bicyclic) bond motifs is 1. The first kappa shape index (κ1) is 7.28. The van der Waals surface area contributed by atoms with E-state index in [1.165, 1.54) is 12.1 Å². The Morgan fingerprint density at radius 2 is 2.25 bits per heavy atom. The van der Waals surface area contributed by atoms with Crippen LogP contribution in [0.1, 0.15) is 11.1 Å². The Bertz CT molecular complexity index is 347. The molecular formula is C9H8FNO. The van der Waals surface area contributed by atoms with E-state index in [9.17, 15) is 4.39 Å². The molecule has 12 heavy (non-hydrogen) atoms. The van der Waals surface area contributed by atoms with Gasteiger partial charge in [-0.15, -0.1) is 0 Å². The molecule has 0 radical (unpaired) electrons. The van der Waals surface area contributed by atoms with Crippen LogP contribution in [0.4, 0.5) is 4.39 Å². The summed E-state index contributed by atoms with van der Waals surface area (Å²) in [4.78, 5) is 4.03. The molecule has 62 valence electrons. The number of nitrogens with zero attached hydrogens (tertiary/aromatic N) is 1. The standard InChI is InChI=1S/C9H8FNO/c10-8-3-6-1-2-11-5-7(6)4-9(8)12/h3-5,12H,1-2H2. The number of hydrogen-bond acceptors (Lipinski definition) is 2. The fourth-order valence-electron chi connectivity index (χ4n) is 1.30. The largest absolute Gasteiger partial charge is 0.505 e. The number of aliphatic imine (C=N–C) groups is 1. The molecule has 0 aliphatic carbocycles. The molecule has 1 N–H and O–H groups in total. The van der Waals surface area contributed by atoms with Crippen LogP contribution < -0.4 is 0 Å². The van der Waals surface area contributed by atoms with Crippen LogP contribution in [-0.4, -0.2) is 17.9 Å². The van der Waals surface area contributed by atoms with Gasteiger partial charge in [-0.2, -0.15) is 0 Å². The quantitative estimate of drug-likeness (QED) is 0.620. The third-order valence-corrected chi connectivity index (χ3v) is 1.95. The maximum Gasteiger partial charge on any atom is 0.165 e. The van der Waals surface area contributed by atoms with E-state index in [-0.39, 0.29) is 5.75 Å². The van der Waals surface area contributed by atoms with Crippen molar-refractivity contribution < 1.29 is 9.50 Å². The van der Waals surface area contributed by atoms with Crippen molar-refractivity contribution >= 4 is 6.21 Å². The van der Waals surface area contributed by atoms with Gasteiger partial charge in [0.25, 0.3) is 0 Å². The lowest BCUT2D eigenvalue weighted by molar-refractivity contribution is 0.431. The predicted octanol–water partition coefficient (Wildman–Crippen LogP) is 1.51. The molecule has 0 aromatic heterocycles. The Morgan fingerprint density at radius 3 is 3.08 bits per heavy atom. The van der Waals surface area contributed by atoms with E-state index in [4.69, 9.17) is 5.11 Å².